The zero-order chi connectivity index (χ0) is 26.6. The summed E-state index contributed by atoms with van der Waals surface area (Å²) >= 11 is 0. The molecule has 1 aromatic carbocycles. The third kappa shape index (κ3) is 10.4. The van der Waals surface area contributed by atoms with Gasteiger partial charge in [-0.25, -0.2) is 14.6 Å². The molecule has 0 radical (unpaired) electrons. The average Bonchev–Trinajstić information content (AvgIpc) is 2.86. The van der Waals surface area contributed by atoms with Gasteiger partial charge in [0.15, 0.2) is 11.4 Å². The minimum atomic E-state index is -3.90. The summed E-state index contributed by atoms with van der Waals surface area (Å²) in [6.07, 6.45) is 2.11. The first-order chi connectivity index (χ1) is 17.1. The number of hydrogen-bond donors (Lipinski definition) is 1. The predicted molar refractivity (Wildman–Crippen MR) is 133 cm³/mol. The van der Waals surface area contributed by atoms with Gasteiger partial charge >= 0.3 is 11.9 Å². The number of carbonyl (C=O) groups excluding carboxylic acids is 2. The van der Waals surface area contributed by atoms with E-state index in [0.29, 0.717) is 36.4 Å². The molecule has 0 fully saturated rings. The van der Waals surface area contributed by atoms with Crippen LogP contribution in [0.5, 0.6) is 5.75 Å². The van der Waals surface area contributed by atoms with Crippen molar-refractivity contribution in [3.8, 4) is 17.6 Å². The molecule has 0 aliphatic heterocycles. The van der Waals surface area contributed by atoms with E-state index in [9.17, 15) is 18.0 Å². The minimum Gasteiger partial charge on any atom is -0.494 e. The highest BCUT2D eigenvalue weighted by Crippen LogP contribution is 2.13. The van der Waals surface area contributed by atoms with Crippen molar-refractivity contribution in [2.24, 2.45) is 0 Å². The summed E-state index contributed by atoms with van der Waals surface area (Å²) in [6.45, 7) is 1.93. The van der Waals surface area contributed by atoms with Crippen LogP contribution < -0.4 is 4.74 Å². The summed E-state index contributed by atoms with van der Waals surface area (Å²) in [5.74, 6) is 4.99. The normalized spacial score (nSPS) is 10.9. The van der Waals surface area contributed by atoms with Crippen LogP contribution >= 0.6 is 0 Å². The molecule has 0 unspecified atom stereocenters. The summed E-state index contributed by atoms with van der Waals surface area (Å²) in [6, 6.07) is 10.1. The zero-order valence-corrected chi connectivity index (χ0v) is 21.3. The van der Waals surface area contributed by atoms with Gasteiger partial charge in [-0.2, -0.15) is 8.42 Å². The van der Waals surface area contributed by atoms with Gasteiger partial charge in [0.25, 0.3) is 10.1 Å². The molecule has 194 valence electrons. The van der Waals surface area contributed by atoms with Crippen LogP contribution in [0, 0.1) is 11.8 Å². The largest absolute Gasteiger partial charge is 0.494 e. The smallest absolute Gasteiger partial charge is 0.356 e. The fourth-order valence-corrected chi connectivity index (χ4v) is 3.60. The molecular formula is C25H30N2O8S. The van der Waals surface area contributed by atoms with Crippen LogP contribution in [0.4, 0.5) is 0 Å². The van der Waals surface area contributed by atoms with Gasteiger partial charge in [0.05, 0.1) is 26.6 Å². The molecule has 0 saturated heterocycles. The van der Waals surface area contributed by atoms with E-state index in [0.717, 1.165) is 19.4 Å². The maximum atomic E-state index is 11.8. The van der Waals surface area contributed by atoms with E-state index in [-0.39, 0.29) is 17.1 Å². The molecule has 10 nitrogen and oxygen atoms in total. The first-order valence-corrected chi connectivity index (χ1v) is 12.8. The number of unbranched alkanes of at least 4 members (excludes halogenated alkanes) is 1. The number of hydrogen-bond acceptors (Lipinski definition) is 9. The molecule has 0 aliphatic rings. The molecule has 1 N–H and O–H groups in total. The van der Waals surface area contributed by atoms with Gasteiger partial charge in [0, 0.05) is 11.1 Å². The summed E-state index contributed by atoms with van der Waals surface area (Å²) in [4.78, 5) is 29.7. The monoisotopic (exact) mass is 518 g/mol. The Balaban J connectivity index is 1.86. The number of nitrogens with zero attached hydrogens (tertiary/aromatic N) is 2. The van der Waals surface area contributed by atoms with E-state index in [1.54, 1.807) is 24.3 Å². The molecule has 1 heterocycles. The van der Waals surface area contributed by atoms with Gasteiger partial charge in [-0.3, -0.25) is 4.55 Å². The molecule has 0 amide bonds. The molecule has 0 bridgehead atoms. The van der Waals surface area contributed by atoms with Crippen LogP contribution in [0.15, 0.2) is 36.4 Å². The Hall–Kier alpha value is -3.46. The fraction of sp³-hybridized carbons (Fsp3) is 0.400. The molecule has 2 aromatic rings. The van der Waals surface area contributed by atoms with Crippen molar-refractivity contribution in [1.29, 1.82) is 0 Å². The lowest BCUT2D eigenvalue weighted by atomic mass is 10.1. The van der Waals surface area contributed by atoms with E-state index in [1.165, 1.54) is 26.4 Å². The quantitative estimate of drug-likeness (QED) is 0.193. The van der Waals surface area contributed by atoms with Gasteiger partial charge in [-0.15, -0.1) is 0 Å². The summed E-state index contributed by atoms with van der Waals surface area (Å²) in [7, 11) is 0.445. The van der Waals surface area contributed by atoms with Gasteiger partial charge in [0.2, 0.25) is 0 Å². The Bertz CT molecular complexity index is 1170. The maximum absolute atomic E-state index is 11.8. The standard InChI is InChI=1S/C25H30N2O8S/c1-27(14-6-16-36(30,31)32)13-4-5-15-35-21-11-9-19(10-12-21)7-8-20-17-22(24(28)33-2)26-23(18-20)25(29)34-3/h9-12,17-18H,4-6,13-16H2,1-3H3,(H,30,31,32). The Labute approximate surface area is 211 Å². The van der Waals surface area contributed by atoms with Crippen LogP contribution in [-0.4, -0.2) is 81.5 Å². The lowest BCUT2D eigenvalue weighted by Gasteiger charge is -2.16. The number of pyridine rings is 1. The Kier molecular flexibility index (Phi) is 11.3. The van der Waals surface area contributed by atoms with Crippen LogP contribution in [0.1, 0.15) is 51.4 Å². The van der Waals surface area contributed by atoms with E-state index >= 15 is 0 Å². The van der Waals surface area contributed by atoms with E-state index < -0.39 is 22.1 Å². The van der Waals surface area contributed by atoms with Crippen LogP contribution in [0.2, 0.25) is 0 Å². The van der Waals surface area contributed by atoms with Crippen molar-refractivity contribution >= 4 is 22.1 Å². The predicted octanol–water partition coefficient (Wildman–Crippen LogP) is 2.42. The topological polar surface area (TPSA) is 132 Å². The fourth-order valence-electron chi connectivity index (χ4n) is 3.10. The highest BCUT2D eigenvalue weighted by atomic mass is 32.2. The lowest BCUT2D eigenvalue weighted by Crippen LogP contribution is -2.23. The molecule has 36 heavy (non-hydrogen) atoms. The highest BCUT2D eigenvalue weighted by molar-refractivity contribution is 7.85. The maximum Gasteiger partial charge on any atom is 0.356 e. The molecule has 0 saturated carbocycles. The first-order valence-electron chi connectivity index (χ1n) is 11.2. The van der Waals surface area contributed by atoms with E-state index in [4.69, 9.17) is 9.29 Å². The van der Waals surface area contributed by atoms with Crippen LogP contribution in [-0.2, 0) is 19.6 Å². The SMILES string of the molecule is COC(=O)c1cc(C#Cc2ccc(OCCCCN(C)CCCS(=O)(=O)O)cc2)cc(C(=O)OC)n1. The summed E-state index contributed by atoms with van der Waals surface area (Å²) in [5.41, 5.74) is 1.04. The van der Waals surface area contributed by atoms with Gasteiger partial charge in [0.1, 0.15) is 5.75 Å². The third-order valence-corrected chi connectivity index (χ3v) is 5.77. The van der Waals surface area contributed by atoms with Crippen molar-refractivity contribution < 1.29 is 36.8 Å². The Morgan fingerprint density at radius 1 is 0.917 bits per heavy atom. The molecule has 0 atom stereocenters. The number of methoxy groups -OCH3 is 2. The Morgan fingerprint density at radius 3 is 2.03 bits per heavy atom. The van der Waals surface area contributed by atoms with E-state index in [2.05, 4.69) is 26.3 Å². The number of aromatic nitrogens is 1. The summed E-state index contributed by atoms with van der Waals surface area (Å²) < 4.78 is 45.3. The van der Waals surface area contributed by atoms with Crippen molar-refractivity contribution in [2.75, 3.05) is 46.7 Å². The molecule has 0 aliphatic carbocycles. The van der Waals surface area contributed by atoms with Gasteiger partial charge in [-0.05, 0) is 75.8 Å². The number of rotatable bonds is 12. The second kappa shape index (κ2) is 14.2. The van der Waals surface area contributed by atoms with Crippen molar-refractivity contribution in [3.63, 3.8) is 0 Å². The van der Waals surface area contributed by atoms with E-state index in [1.807, 2.05) is 11.9 Å². The summed E-state index contributed by atoms with van der Waals surface area (Å²) in [5, 5.41) is 0. The minimum absolute atomic E-state index is 0.0438. The van der Waals surface area contributed by atoms with Crippen LogP contribution in [0.25, 0.3) is 0 Å². The van der Waals surface area contributed by atoms with Crippen LogP contribution in [0.3, 0.4) is 0 Å². The third-order valence-electron chi connectivity index (χ3n) is 4.96. The zero-order valence-electron chi connectivity index (χ0n) is 20.5. The Morgan fingerprint density at radius 2 is 1.47 bits per heavy atom. The van der Waals surface area contributed by atoms with Crippen molar-refractivity contribution in [2.45, 2.75) is 19.3 Å². The molecular weight excluding hydrogens is 488 g/mol. The average molecular weight is 519 g/mol. The second-order valence-electron chi connectivity index (χ2n) is 7.88. The molecule has 0 spiro atoms. The van der Waals surface area contributed by atoms with Crippen molar-refractivity contribution in [1.82, 2.24) is 9.88 Å². The van der Waals surface area contributed by atoms with Gasteiger partial charge < -0.3 is 19.1 Å². The van der Waals surface area contributed by atoms with Gasteiger partial charge in [-0.1, -0.05) is 11.8 Å². The molecule has 2 rings (SSSR count). The molecule has 1 aromatic heterocycles. The van der Waals surface area contributed by atoms with Crippen molar-refractivity contribution in [3.05, 3.63) is 58.9 Å². The number of carbonyl (C=O) groups is 2. The number of ether oxygens (including phenoxy) is 3. The second-order valence-corrected chi connectivity index (χ2v) is 9.45. The number of esters is 2. The highest BCUT2D eigenvalue weighted by Gasteiger charge is 2.15. The lowest BCUT2D eigenvalue weighted by molar-refractivity contribution is 0.0585. The number of benzene rings is 1. The molecule has 11 heteroatoms. The first kappa shape index (κ1) is 28.8.